The maximum atomic E-state index is 6.83. The highest BCUT2D eigenvalue weighted by Crippen LogP contribution is 2.43. The normalized spacial score (nSPS) is 11.6. The number of aromatic nitrogens is 5. The van der Waals surface area contributed by atoms with Crippen molar-refractivity contribution >= 4 is 110 Å². The van der Waals surface area contributed by atoms with Gasteiger partial charge in [0.25, 0.3) is 0 Å². The summed E-state index contributed by atoms with van der Waals surface area (Å²) in [5, 5.41) is 4.19. The number of nitrogens with zero attached hydrogens (tertiary/aromatic N) is 5. The minimum atomic E-state index is 0.161. The Balaban J connectivity index is 1.11. The summed E-state index contributed by atoms with van der Waals surface area (Å²) in [5.41, 5.74) is 15.1. The molecule has 0 aliphatic rings. The highest BCUT2D eigenvalue weighted by molar-refractivity contribution is 6.68. The van der Waals surface area contributed by atoms with Gasteiger partial charge in [0.2, 0.25) is 5.95 Å². The van der Waals surface area contributed by atoms with Gasteiger partial charge in [0, 0.05) is 38.4 Å². The molecule has 0 aliphatic heterocycles. The zero-order chi connectivity index (χ0) is 49.3. The Hall–Kier alpha value is -8.87. The molecule has 10 aromatic carbocycles. The van der Waals surface area contributed by atoms with Crippen molar-refractivity contribution in [1.29, 1.82) is 0 Å². The van der Waals surface area contributed by atoms with Crippen LogP contribution in [0.15, 0.2) is 218 Å². The van der Waals surface area contributed by atoms with Crippen LogP contribution in [-0.2, 0) is 0 Å². The van der Waals surface area contributed by atoms with E-state index >= 15 is 0 Å². The molecule has 10 heteroatoms. The summed E-state index contributed by atoms with van der Waals surface area (Å²) in [7, 11) is 33.1. The van der Waals surface area contributed by atoms with Crippen molar-refractivity contribution < 1.29 is 0 Å². The van der Waals surface area contributed by atoms with E-state index in [9.17, 15) is 0 Å². The van der Waals surface area contributed by atoms with Crippen LogP contribution in [0.3, 0.4) is 0 Å². The van der Waals surface area contributed by atoms with Crippen LogP contribution >= 0.6 is 0 Å². The number of fused-ring (bicyclic) bond motifs is 7. The Labute approximate surface area is 429 Å². The summed E-state index contributed by atoms with van der Waals surface area (Å²) >= 11 is 0. The Kier molecular flexibility index (Phi) is 10.7. The molecule has 0 spiro atoms. The fourth-order valence-corrected chi connectivity index (χ4v) is 10.4. The number of benzene rings is 10. The predicted molar refractivity (Wildman–Crippen MR) is 308 cm³/mol. The lowest BCUT2D eigenvalue weighted by atomic mass is 9.59. The molecule has 3 heterocycles. The molecule has 0 fully saturated rings. The smallest absolute Gasteiger partial charge is 0.238 e. The summed E-state index contributed by atoms with van der Waals surface area (Å²) in [6.07, 6.45) is 0. The van der Waals surface area contributed by atoms with Crippen LogP contribution in [0.2, 0.25) is 0 Å². The molecule has 0 saturated carbocycles. The Morgan fingerprint density at radius 3 is 1.14 bits per heavy atom. The third kappa shape index (κ3) is 7.44. The van der Waals surface area contributed by atoms with E-state index in [1.165, 1.54) is 0 Å². The Bertz CT molecular complexity index is 4160. The van der Waals surface area contributed by atoms with E-state index in [0.29, 0.717) is 23.2 Å². The van der Waals surface area contributed by atoms with Gasteiger partial charge in [-0.15, -0.1) is 16.4 Å². The second kappa shape index (κ2) is 17.8. The molecular formula is C63H36B5N5. The molecule has 5 nitrogen and oxygen atoms in total. The van der Waals surface area contributed by atoms with Crippen LogP contribution < -0.4 is 27.3 Å². The van der Waals surface area contributed by atoms with Gasteiger partial charge >= 0.3 is 0 Å². The summed E-state index contributed by atoms with van der Waals surface area (Å²) in [4.78, 5) is 16.1. The van der Waals surface area contributed by atoms with E-state index in [-0.39, 0.29) is 27.3 Å². The molecule has 13 rings (SSSR count). The minimum Gasteiger partial charge on any atom is -0.307 e. The number of para-hydroxylation sites is 2. The molecule has 0 aliphatic carbocycles. The molecule has 328 valence electrons. The first-order valence-electron chi connectivity index (χ1n) is 24.0. The summed E-state index contributed by atoms with van der Waals surface area (Å²) in [5.74, 6) is 1.56. The first-order valence-corrected chi connectivity index (χ1v) is 24.0. The van der Waals surface area contributed by atoms with Crippen LogP contribution in [0.25, 0.3) is 123 Å². The van der Waals surface area contributed by atoms with Gasteiger partial charge in [-0.25, -0.2) is 4.98 Å². The van der Waals surface area contributed by atoms with Crippen LogP contribution in [-0.4, -0.2) is 63.3 Å². The van der Waals surface area contributed by atoms with Crippen molar-refractivity contribution in [2.45, 2.75) is 0 Å². The highest BCUT2D eigenvalue weighted by atomic mass is 15.2. The van der Waals surface area contributed by atoms with E-state index in [1.807, 2.05) is 30.3 Å². The third-order valence-corrected chi connectivity index (χ3v) is 14.1. The first kappa shape index (κ1) is 44.1. The molecule has 0 bridgehead atoms. The van der Waals surface area contributed by atoms with Gasteiger partial charge in [0.15, 0.2) is 11.6 Å². The molecule has 0 unspecified atom stereocenters. The van der Waals surface area contributed by atoms with Gasteiger partial charge in [-0.3, -0.25) is 4.57 Å². The number of hydrogen-bond donors (Lipinski definition) is 0. The molecule has 0 saturated heterocycles. The van der Waals surface area contributed by atoms with Crippen molar-refractivity contribution in [2.75, 3.05) is 0 Å². The molecule has 0 N–H and O–H groups in total. The van der Waals surface area contributed by atoms with Crippen LogP contribution in [0, 0.1) is 0 Å². The fraction of sp³-hybridized carbons (Fsp3) is 0. The second-order valence-corrected chi connectivity index (χ2v) is 18.3. The van der Waals surface area contributed by atoms with Gasteiger partial charge in [0.1, 0.15) is 39.2 Å². The highest BCUT2D eigenvalue weighted by Gasteiger charge is 2.25. The van der Waals surface area contributed by atoms with Crippen LogP contribution in [0.1, 0.15) is 0 Å². The van der Waals surface area contributed by atoms with Crippen LogP contribution in [0.4, 0.5) is 0 Å². The van der Waals surface area contributed by atoms with Crippen molar-refractivity contribution in [2.24, 2.45) is 0 Å². The number of rotatable bonds is 8. The monoisotopic (exact) mass is 917 g/mol. The van der Waals surface area contributed by atoms with E-state index in [2.05, 4.69) is 197 Å². The van der Waals surface area contributed by atoms with E-state index < -0.39 is 0 Å². The minimum absolute atomic E-state index is 0.161. The lowest BCUT2D eigenvalue weighted by molar-refractivity contribution is 0.953. The van der Waals surface area contributed by atoms with Gasteiger partial charge < -0.3 is 4.57 Å². The molecular weight excluding hydrogens is 881 g/mol. The maximum Gasteiger partial charge on any atom is 0.238 e. The van der Waals surface area contributed by atoms with E-state index in [1.54, 1.807) is 0 Å². The average molecular weight is 917 g/mol. The first-order chi connectivity index (χ1) is 35.8. The van der Waals surface area contributed by atoms with E-state index in [0.717, 1.165) is 99.4 Å². The molecule has 3 aromatic heterocycles. The maximum absolute atomic E-state index is 6.83. The Morgan fingerprint density at radius 1 is 0.274 bits per heavy atom. The largest absolute Gasteiger partial charge is 0.307 e. The summed E-state index contributed by atoms with van der Waals surface area (Å²) in [6, 6.07) is 75.5. The molecule has 10 radical (unpaired) electrons. The standard InChI is InChI=1S/C63H36B5N5/c64-54-53(55(65)57(67)58(68)56(54)66)45-34-44(39-18-8-3-9-19-39)35-46(36-45)72-51-22-12-10-20-47(51)49-32-33-50-48-21-11-13-23-52(48)73(60(50)59(49)72)63-70-61(42-28-24-40(25-29-42)37-14-4-1-5-15-37)69-62(71-63)43-30-26-41(27-31-43)38-16-6-2-7-17-38/h1-36H. The zero-order valence-electron chi connectivity index (χ0n) is 39.4. The zero-order valence-corrected chi connectivity index (χ0v) is 39.4. The molecule has 0 atom stereocenters. The second-order valence-electron chi connectivity index (χ2n) is 18.3. The van der Waals surface area contributed by atoms with Crippen molar-refractivity contribution in [3.63, 3.8) is 0 Å². The third-order valence-electron chi connectivity index (χ3n) is 14.1. The van der Waals surface area contributed by atoms with Crippen molar-refractivity contribution in [1.82, 2.24) is 24.1 Å². The molecule has 73 heavy (non-hydrogen) atoms. The van der Waals surface area contributed by atoms with Crippen molar-refractivity contribution in [3.8, 4) is 78.9 Å². The summed E-state index contributed by atoms with van der Waals surface area (Å²) < 4.78 is 4.52. The predicted octanol–water partition coefficient (Wildman–Crippen LogP) is 10.0. The quantitative estimate of drug-likeness (QED) is 0.143. The van der Waals surface area contributed by atoms with E-state index in [4.69, 9.17) is 54.2 Å². The molecule has 13 aromatic rings. The fourth-order valence-electron chi connectivity index (χ4n) is 10.4. The van der Waals surface area contributed by atoms with Crippen molar-refractivity contribution in [3.05, 3.63) is 218 Å². The van der Waals surface area contributed by atoms with Gasteiger partial charge in [0.05, 0.1) is 22.1 Å². The lowest BCUT2D eigenvalue weighted by Gasteiger charge is -2.23. The topological polar surface area (TPSA) is 48.5 Å². The van der Waals surface area contributed by atoms with Gasteiger partial charge in [-0.2, -0.15) is 9.97 Å². The summed E-state index contributed by atoms with van der Waals surface area (Å²) in [6.45, 7) is 0. The Morgan fingerprint density at radius 2 is 0.644 bits per heavy atom. The molecule has 0 amide bonds. The van der Waals surface area contributed by atoms with Gasteiger partial charge in [-0.05, 0) is 74.8 Å². The average Bonchev–Trinajstić information content (AvgIpc) is 3.99. The SMILES string of the molecule is [B]c1c([B])c([B])c(-c2cc(-c3ccccc3)cc(-n3c4ccccc4c4ccc5c6ccccc6n(-c6nc(-c7ccc(-c8ccccc8)cc7)nc(-c7ccc(-c8ccccc8)cc7)n6)c5c43)c2)c([B])c1[B]. The van der Waals surface area contributed by atoms with Crippen LogP contribution in [0.5, 0.6) is 0 Å². The van der Waals surface area contributed by atoms with Gasteiger partial charge in [-0.1, -0.05) is 199 Å². The lowest BCUT2D eigenvalue weighted by Crippen LogP contribution is -2.55. The number of hydrogen-bond acceptors (Lipinski definition) is 3.